The lowest BCUT2D eigenvalue weighted by Crippen LogP contribution is -1.96. The minimum atomic E-state index is 0.659. The number of rotatable bonds is 4. The highest BCUT2D eigenvalue weighted by Gasteiger charge is 2.16. The van der Waals surface area contributed by atoms with Crippen LogP contribution in [0.4, 0.5) is 0 Å². The monoisotopic (exact) mass is 368 g/mol. The Morgan fingerprint density at radius 1 is 0.786 bits per heavy atom. The molecular formula is C21H16N6O. The van der Waals surface area contributed by atoms with E-state index in [0.717, 1.165) is 33.4 Å². The van der Waals surface area contributed by atoms with Crippen molar-refractivity contribution in [2.24, 2.45) is 10.4 Å². The second kappa shape index (κ2) is 6.62. The highest BCUT2D eigenvalue weighted by molar-refractivity contribution is 5.82. The molecule has 0 atom stereocenters. The van der Waals surface area contributed by atoms with Gasteiger partial charge in [-0.15, -0.1) is 0 Å². The first kappa shape index (κ1) is 16.2. The van der Waals surface area contributed by atoms with Gasteiger partial charge in [0.25, 0.3) is 0 Å². The van der Waals surface area contributed by atoms with Gasteiger partial charge in [-0.3, -0.25) is 0 Å². The molecule has 28 heavy (non-hydrogen) atoms. The fourth-order valence-electron chi connectivity index (χ4n) is 3.21. The molecule has 0 aliphatic carbocycles. The maximum Gasteiger partial charge on any atom is 0.167 e. The fourth-order valence-corrected chi connectivity index (χ4v) is 3.21. The third kappa shape index (κ3) is 2.61. The first-order valence-corrected chi connectivity index (χ1v) is 8.80. The largest absolute Gasteiger partial charge is 0.496 e. The summed E-state index contributed by atoms with van der Waals surface area (Å²) in [4.78, 5) is 9.11. The normalized spacial score (nSPS) is 11.6. The molecule has 0 saturated heterocycles. The van der Waals surface area contributed by atoms with Crippen LogP contribution in [0.2, 0.25) is 0 Å². The van der Waals surface area contributed by atoms with Crippen LogP contribution in [-0.4, -0.2) is 26.4 Å². The Bertz CT molecular complexity index is 1320. The molecule has 0 amide bonds. The molecule has 5 aromatic rings. The van der Waals surface area contributed by atoms with E-state index < -0.39 is 0 Å². The zero-order valence-electron chi connectivity index (χ0n) is 15.1. The average Bonchev–Trinajstić information content (AvgIpc) is 3.33. The zero-order valence-corrected chi connectivity index (χ0v) is 15.1. The maximum atomic E-state index is 5.52. The van der Waals surface area contributed by atoms with E-state index in [4.69, 9.17) is 9.72 Å². The summed E-state index contributed by atoms with van der Waals surface area (Å²) in [5, 5.41) is 8.88. The van der Waals surface area contributed by atoms with Crippen molar-refractivity contribution in [2.45, 2.75) is 0 Å². The summed E-state index contributed by atoms with van der Waals surface area (Å²) < 4.78 is 8.89. The van der Waals surface area contributed by atoms with Crippen LogP contribution in [0.25, 0.3) is 33.5 Å². The zero-order chi connectivity index (χ0) is 18.9. The van der Waals surface area contributed by atoms with Gasteiger partial charge in [-0.25, -0.2) is 14.6 Å². The van der Waals surface area contributed by atoms with Crippen LogP contribution in [0, 0.1) is 0 Å². The van der Waals surface area contributed by atoms with E-state index in [1.54, 1.807) is 22.8 Å². The van der Waals surface area contributed by atoms with Crippen LogP contribution in [0.15, 0.2) is 89.6 Å². The van der Waals surface area contributed by atoms with Crippen LogP contribution < -0.4 is 4.74 Å². The second-order valence-corrected chi connectivity index (χ2v) is 6.19. The van der Waals surface area contributed by atoms with Crippen molar-refractivity contribution < 1.29 is 4.74 Å². The summed E-state index contributed by atoms with van der Waals surface area (Å²) in [5.41, 5.74) is 4.28. The van der Waals surface area contributed by atoms with Gasteiger partial charge in [0.1, 0.15) is 12.1 Å². The van der Waals surface area contributed by atoms with Gasteiger partial charge in [0.2, 0.25) is 0 Å². The molecule has 2 heterocycles. The molecule has 0 N–H and O–H groups in total. The van der Waals surface area contributed by atoms with Gasteiger partial charge in [-0.2, -0.15) is 4.68 Å². The molecule has 0 spiro atoms. The second-order valence-electron chi connectivity index (χ2n) is 6.19. The topological polar surface area (TPSA) is 69.6 Å². The van der Waals surface area contributed by atoms with Gasteiger partial charge in [0.15, 0.2) is 5.82 Å². The van der Waals surface area contributed by atoms with E-state index >= 15 is 0 Å². The third-order valence-corrected chi connectivity index (χ3v) is 4.55. The summed E-state index contributed by atoms with van der Waals surface area (Å²) in [6, 6.07) is 23.3. The fraction of sp³-hybridized carbons (Fsp3) is 0.0476. The summed E-state index contributed by atoms with van der Waals surface area (Å²) in [5.74, 6) is 1.38. The number of ether oxygens (including phenoxy) is 1. The van der Waals surface area contributed by atoms with E-state index in [1.165, 1.54) is 0 Å². The average molecular weight is 368 g/mol. The number of imidazole rings is 2. The molecular weight excluding hydrogens is 352 g/mol. The number of aromatic nitrogens is 4. The number of methoxy groups -OCH3 is 1. The Morgan fingerprint density at radius 3 is 2.36 bits per heavy atom. The molecule has 5 rings (SSSR count). The summed E-state index contributed by atoms with van der Waals surface area (Å²) >= 11 is 0. The van der Waals surface area contributed by atoms with E-state index in [9.17, 15) is 0 Å². The SMILES string of the molecule is COc1ccccc1-c1nc2ccccc2n1/N=N/n1cnc2ccccc21. The first-order valence-electron chi connectivity index (χ1n) is 8.80. The molecule has 2 aromatic heterocycles. The molecule has 7 heteroatoms. The molecule has 0 fully saturated rings. The Morgan fingerprint density at radius 2 is 1.50 bits per heavy atom. The molecule has 0 aliphatic rings. The predicted octanol–water partition coefficient (Wildman–Crippen LogP) is 4.74. The molecule has 0 aliphatic heterocycles. The lowest BCUT2D eigenvalue weighted by molar-refractivity contribution is 0.416. The van der Waals surface area contributed by atoms with Crippen LogP contribution >= 0.6 is 0 Å². The van der Waals surface area contributed by atoms with Gasteiger partial charge in [0, 0.05) is 0 Å². The third-order valence-electron chi connectivity index (χ3n) is 4.55. The van der Waals surface area contributed by atoms with Gasteiger partial charge in [-0.05, 0) is 46.8 Å². The minimum Gasteiger partial charge on any atom is -0.496 e. The highest BCUT2D eigenvalue weighted by Crippen LogP contribution is 2.31. The summed E-state index contributed by atoms with van der Waals surface area (Å²) in [6.07, 6.45) is 1.65. The summed E-state index contributed by atoms with van der Waals surface area (Å²) in [6.45, 7) is 0. The lowest BCUT2D eigenvalue weighted by Gasteiger charge is -2.07. The Hall–Kier alpha value is -4.00. The van der Waals surface area contributed by atoms with Gasteiger partial charge in [0.05, 0.1) is 34.7 Å². The molecule has 0 radical (unpaired) electrons. The Balaban J connectivity index is 1.70. The van der Waals surface area contributed by atoms with Crippen molar-refractivity contribution in [2.75, 3.05) is 7.11 Å². The van der Waals surface area contributed by atoms with E-state index in [2.05, 4.69) is 15.4 Å². The van der Waals surface area contributed by atoms with E-state index in [0.29, 0.717) is 5.82 Å². The number of nitrogens with zero attached hydrogens (tertiary/aromatic N) is 6. The number of para-hydroxylation sites is 5. The smallest absolute Gasteiger partial charge is 0.167 e. The van der Waals surface area contributed by atoms with Gasteiger partial charge in [-0.1, -0.05) is 36.4 Å². The van der Waals surface area contributed by atoms with Crippen molar-refractivity contribution in [3.05, 3.63) is 79.1 Å². The lowest BCUT2D eigenvalue weighted by atomic mass is 10.2. The molecule has 136 valence electrons. The highest BCUT2D eigenvalue weighted by atomic mass is 16.5. The quantitative estimate of drug-likeness (QED) is 0.430. The number of hydrogen-bond acceptors (Lipinski definition) is 5. The number of benzene rings is 3. The summed E-state index contributed by atoms with van der Waals surface area (Å²) in [7, 11) is 1.64. The number of hydrogen-bond donors (Lipinski definition) is 0. The Kier molecular flexibility index (Phi) is 3.83. The number of fused-ring (bicyclic) bond motifs is 2. The van der Waals surface area contributed by atoms with E-state index in [1.807, 2.05) is 72.8 Å². The molecule has 0 bridgehead atoms. The van der Waals surface area contributed by atoms with Crippen molar-refractivity contribution in [3.63, 3.8) is 0 Å². The van der Waals surface area contributed by atoms with Crippen LogP contribution in [0.1, 0.15) is 0 Å². The maximum absolute atomic E-state index is 5.52. The molecule has 0 saturated carbocycles. The van der Waals surface area contributed by atoms with Crippen LogP contribution in [0.5, 0.6) is 5.75 Å². The van der Waals surface area contributed by atoms with Crippen LogP contribution in [-0.2, 0) is 0 Å². The van der Waals surface area contributed by atoms with Crippen molar-refractivity contribution in [3.8, 4) is 17.1 Å². The van der Waals surface area contributed by atoms with Crippen molar-refractivity contribution >= 4 is 22.1 Å². The van der Waals surface area contributed by atoms with Gasteiger partial charge < -0.3 is 4.74 Å². The Labute approximate surface area is 160 Å². The standard InChI is InChI=1S/C21H16N6O/c1-28-20-13-7-2-8-15(20)21-23-17-10-4-6-12-19(17)27(21)25-24-26-14-22-16-9-3-5-11-18(16)26/h2-14H,1H3/b25-24+. The van der Waals surface area contributed by atoms with Crippen molar-refractivity contribution in [1.29, 1.82) is 0 Å². The van der Waals surface area contributed by atoms with Crippen LogP contribution in [0.3, 0.4) is 0 Å². The molecule has 3 aromatic carbocycles. The van der Waals surface area contributed by atoms with Crippen molar-refractivity contribution in [1.82, 2.24) is 19.3 Å². The van der Waals surface area contributed by atoms with Gasteiger partial charge >= 0.3 is 0 Å². The first-order chi connectivity index (χ1) is 13.8. The van der Waals surface area contributed by atoms with E-state index in [-0.39, 0.29) is 0 Å². The molecule has 7 nitrogen and oxygen atoms in total. The predicted molar refractivity (Wildman–Crippen MR) is 107 cm³/mol. The minimum absolute atomic E-state index is 0.659. The molecule has 0 unspecified atom stereocenters.